The molecule has 86 valence electrons. The van der Waals surface area contributed by atoms with Crippen LogP contribution in [-0.2, 0) is 4.84 Å². The van der Waals surface area contributed by atoms with E-state index >= 15 is 0 Å². The average molecular weight is 205 g/mol. The molecule has 0 amide bonds. The van der Waals surface area contributed by atoms with Crippen molar-refractivity contribution in [1.29, 1.82) is 0 Å². The van der Waals surface area contributed by atoms with Crippen molar-refractivity contribution < 1.29 is 10.0 Å². The van der Waals surface area contributed by atoms with E-state index < -0.39 is 5.54 Å². The molecule has 5 heteroatoms. The minimum atomic E-state index is -0.407. The van der Waals surface area contributed by atoms with Gasteiger partial charge in [0.15, 0.2) is 0 Å². The second-order valence-corrected chi connectivity index (χ2v) is 5.39. The summed E-state index contributed by atoms with van der Waals surface area (Å²) in [5.41, 5.74) is 1.94. The van der Waals surface area contributed by atoms with Crippen molar-refractivity contribution in [2.45, 2.75) is 52.7 Å². The summed E-state index contributed by atoms with van der Waals surface area (Å²) < 4.78 is 0. The van der Waals surface area contributed by atoms with Gasteiger partial charge >= 0.3 is 0 Å². The molecular formula is C9H23N3O2. The number of hydrogen-bond donors (Lipinski definition) is 2. The summed E-state index contributed by atoms with van der Waals surface area (Å²) in [6.07, 6.45) is 0. The first-order valence-electron chi connectivity index (χ1n) is 4.76. The lowest BCUT2D eigenvalue weighted by molar-refractivity contribution is -0.964. The van der Waals surface area contributed by atoms with Gasteiger partial charge < -0.3 is 5.21 Å². The van der Waals surface area contributed by atoms with Crippen LogP contribution in [0.3, 0.4) is 0 Å². The zero-order valence-electron chi connectivity index (χ0n) is 10.3. The van der Waals surface area contributed by atoms with Crippen LogP contribution in [0.15, 0.2) is 0 Å². The molecule has 0 fully saturated rings. The lowest BCUT2D eigenvalue weighted by Gasteiger charge is -2.38. The molecule has 0 saturated heterocycles. The quantitative estimate of drug-likeness (QED) is 0.648. The summed E-state index contributed by atoms with van der Waals surface area (Å²) >= 11 is 0. The molecule has 0 bridgehead atoms. The van der Waals surface area contributed by atoms with E-state index in [1.807, 2.05) is 41.5 Å². The van der Waals surface area contributed by atoms with Crippen molar-refractivity contribution in [3.05, 3.63) is 5.21 Å². The summed E-state index contributed by atoms with van der Waals surface area (Å²) in [5, 5.41) is 12.8. The lowest BCUT2D eigenvalue weighted by atomic mass is 10.1. The van der Waals surface area contributed by atoms with Gasteiger partial charge in [0.25, 0.3) is 0 Å². The third-order valence-electron chi connectivity index (χ3n) is 1.35. The Hall–Kier alpha value is -0.200. The summed E-state index contributed by atoms with van der Waals surface area (Å²) in [6, 6.07) is 0. The van der Waals surface area contributed by atoms with Crippen molar-refractivity contribution in [3.8, 4) is 0 Å². The molecule has 0 aromatic carbocycles. The van der Waals surface area contributed by atoms with Crippen molar-refractivity contribution in [2.24, 2.45) is 0 Å². The molecule has 0 aromatic heterocycles. The van der Waals surface area contributed by atoms with Crippen LogP contribution < -0.4 is 10.7 Å². The van der Waals surface area contributed by atoms with Gasteiger partial charge in [0.05, 0.1) is 5.60 Å². The van der Waals surface area contributed by atoms with E-state index in [-0.39, 0.29) is 10.8 Å². The number of hydroxylamine groups is 2. The first-order valence-corrected chi connectivity index (χ1v) is 4.76. The van der Waals surface area contributed by atoms with E-state index in [0.29, 0.717) is 0 Å². The highest BCUT2D eigenvalue weighted by Crippen LogP contribution is 2.06. The highest BCUT2D eigenvalue weighted by atomic mass is 16.7. The minimum absolute atomic E-state index is 0.0655. The Morgan fingerprint density at radius 1 is 1.14 bits per heavy atom. The second kappa shape index (κ2) is 4.55. The Morgan fingerprint density at radius 2 is 1.57 bits per heavy atom. The van der Waals surface area contributed by atoms with Gasteiger partial charge in [-0.1, -0.05) is 10.7 Å². The minimum Gasteiger partial charge on any atom is -0.612 e. The van der Waals surface area contributed by atoms with Crippen LogP contribution in [0.4, 0.5) is 0 Å². The highest BCUT2D eigenvalue weighted by molar-refractivity contribution is 4.56. The van der Waals surface area contributed by atoms with Crippen molar-refractivity contribution in [2.75, 3.05) is 7.05 Å². The zero-order valence-corrected chi connectivity index (χ0v) is 10.3. The summed E-state index contributed by atoms with van der Waals surface area (Å²) in [4.78, 5) is 5.40. The van der Waals surface area contributed by atoms with Crippen LogP contribution in [0, 0.1) is 5.21 Å². The number of hydrogen-bond acceptors (Lipinski definition) is 4. The van der Waals surface area contributed by atoms with Gasteiger partial charge in [-0.2, -0.15) is 0 Å². The maximum Gasteiger partial charge on any atom is 0.107 e. The van der Waals surface area contributed by atoms with Gasteiger partial charge in [-0.3, -0.25) is 10.0 Å². The van der Waals surface area contributed by atoms with Crippen molar-refractivity contribution in [1.82, 2.24) is 10.7 Å². The fourth-order valence-electron chi connectivity index (χ4n) is 0.744. The highest BCUT2D eigenvalue weighted by Gasteiger charge is 2.22. The van der Waals surface area contributed by atoms with Crippen molar-refractivity contribution >= 4 is 0 Å². The SMILES string of the molecule is CN(N[NH+]([O-])C(C)(C)C)OC(C)(C)C. The first kappa shape index (κ1) is 13.8. The monoisotopic (exact) mass is 205 g/mol. The molecule has 0 rings (SSSR count). The van der Waals surface area contributed by atoms with Gasteiger partial charge in [-0.15, -0.1) is 0 Å². The van der Waals surface area contributed by atoms with E-state index in [0.717, 1.165) is 0 Å². The summed E-state index contributed by atoms with van der Waals surface area (Å²) in [5.74, 6) is 0. The molecule has 0 spiro atoms. The predicted molar refractivity (Wildman–Crippen MR) is 55.8 cm³/mol. The molecule has 0 aliphatic carbocycles. The molecule has 1 unspecified atom stereocenters. The third-order valence-corrected chi connectivity index (χ3v) is 1.35. The van der Waals surface area contributed by atoms with E-state index in [9.17, 15) is 5.21 Å². The largest absolute Gasteiger partial charge is 0.612 e. The lowest BCUT2D eigenvalue weighted by Crippen LogP contribution is -3.22. The topological polar surface area (TPSA) is 52.0 Å². The molecule has 2 N–H and O–H groups in total. The van der Waals surface area contributed by atoms with Gasteiger partial charge in [0.1, 0.15) is 5.54 Å². The van der Waals surface area contributed by atoms with Crippen LogP contribution in [0.1, 0.15) is 41.5 Å². The Bertz CT molecular complexity index is 172. The number of nitrogens with zero attached hydrogens (tertiary/aromatic N) is 1. The third kappa shape index (κ3) is 6.28. The molecule has 0 aliphatic rings. The van der Waals surface area contributed by atoms with E-state index in [1.165, 1.54) is 5.17 Å². The van der Waals surface area contributed by atoms with E-state index in [4.69, 9.17) is 4.84 Å². The van der Waals surface area contributed by atoms with Gasteiger partial charge in [0, 0.05) is 7.05 Å². The standard InChI is InChI=1S/C9H23N3O2/c1-8(2,3)12(13)10-11(7)14-9(4,5)6/h10,12H,1-7H3. The van der Waals surface area contributed by atoms with Crippen LogP contribution in [0.2, 0.25) is 0 Å². The molecule has 0 aliphatic heterocycles. The van der Waals surface area contributed by atoms with Crippen LogP contribution >= 0.6 is 0 Å². The molecular weight excluding hydrogens is 182 g/mol. The smallest absolute Gasteiger partial charge is 0.107 e. The summed E-state index contributed by atoms with van der Waals surface area (Å²) in [7, 11) is 1.68. The summed E-state index contributed by atoms with van der Waals surface area (Å²) in [6.45, 7) is 11.3. The zero-order chi connectivity index (χ0) is 11.6. The first-order chi connectivity index (χ1) is 6.02. The Balaban J connectivity index is 4.01. The van der Waals surface area contributed by atoms with E-state index in [1.54, 1.807) is 7.05 Å². The van der Waals surface area contributed by atoms with Crippen molar-refractivity contribution in [3.63, 3.8) is 0 Å². The fraction of sp³-hybridized carbons (Fsp3) is 1.00. The number of rotatable bonds is 3. The maximum atomic E-state index is 11.5. The molecule has 0 aromatic rings. The Kier molecular flexibility index (Phi) is 4.48. The average Bonchev–Trinajstić information content (AvgIpc) is 1.79. The van der Waals surface area contributed by atoms with Crippen LogP contribution in [0.5, 0.6) is 0 Å². The molecule has 0 heterocycles. The molecule has 5 nitrogen and oxygen atoms in total. The predicted octanol–water partition coefficient (Wildman–Crippen LogP) is 0.249. The van der Waals surface area contributed by atoms with E-state index in [2.05, 4.69) is 5.53 Å². The maximum absolute atomic E-state index is 11.5. The van der Waals surface area contributed by atoms with Crippen LogP contribution in [-0.4, -0.2) is 23.4 Å². The molecule has 0 saturated carbocycles. The fourth-order valence-corrected chi connectivity index (χ4v) is 0.744. The van der Waals surface area contributed by atoms with Gasteiger partial charge in [-0.25, -0.2) is 0 Å². The number of nitrogens with one attached hydrogen (secondary N) is 2. The normalized spacial score (nSPS) is 16.1. The molecule has 0 radical (unpaired) electrons. The number of hydrazine groups is 1. The molecule has 1 atom stereocenters. The number of quaternary nitrogens is 1. The van der Waals surface area contributed by atoms with Gasteiger partial charge in [0.2, 0.25) is 0 Å². The molecule has 14 heavy (non-hydrogen) atoms. The van der Waals surface area contributed by atoms with Crippen LogP contribution in [0.25, 0.3) is 0 Å². The Morgan fingerprint density at radius 3 is 1.86 bits per heavy atom. The second-order valence-electron chi connectivity index (χ2n) is 5.39. The Labute approximate surface area is 86.5 Å². The van der Waals surface area contributed by atoms with Gasteiger partial charge in [-0.05, 0) is 41.5 Å².